The fraction of sp³-hybridized carbons (Fsp3) is 0.350. The van der Waals surface area contributed by atoms with E-state index >= 15 is 0 Å². The molecule has 0 radical (unpaired) electrons. The third-order valence-electron chi connectivity index (χ3n) is 5.24. The number of aromatic nitrogens is 5. The van der Waals surface area contributed by atoms with E-state index in [1.807, 2.05) is 18.5 Å². The highest BCUT2D eigenvalue weighted by molar-refractivity contribution is 5.83. The predicted octanol–water partition coefficient (Wildman–Crippen LogP) is 2.98. The summed E-state index contributed by atoms with van der Waals surface area (Å²) in [6, 6.07) is 6.91. The van der Waals surface area contributed by atoms with Crippen molar-refractivity contribution in [3.63, 3.8) is 0 Å². The highest BCUT2D eigenvalue weighted by atomic mass is 19.1. The van der Waals surface area contributed by atoms with Gasteiger partial charge in [-0.15, -0.1) is 10.2 Å². The molecule has 1 aliphatic heterocycles. The summed E-state index contributed by atoms with van der Waals surface area (Å²) >= 11 is 0. The van der Waals surface area contributed by atoms with Gasteiger partial charge in [-0.3, -0.25) is 0 Å². The maximum atomic E-state index is 14.9. The zero-order valence-corrected chi connectivity index (χ0v) is 15.8. The van der Waals surface area contributed by atoms with Crippen molar-refractivity contribution in [1.82, 2.24) is 25.0 Å². The highest BCUT2D eigenvalue weighted by Gasteiger charge is 2.28. The zero-order valence-electron chi connectivity index (χ0n) is 15.8. The summed E-state index contributed by atoms with van der Waals surface area (Å²) < 4.78 is 16.8. The number of hydrogen-bond donors (Lipinski definition) is 0. The molecule has 3 aromatic rings. The molecule has 0 bridgehead atoms. The summed E-state index contributed by atoms with van der Waals surface area (Å²) in [5, 5.41) is 25.8. The second-order valence-electron chi connectivity index (χ2n) is 7.08. The van der Waals surface area contributed by atoms with Crippen LogP contribution in [0.1, 0.15) is 35.8 Å². The molecule has 3 heterocycles. The Balaban J connectivity index is 1.71. The molecule has 0 unspecified atom stereocenters. The van der Waals surface area contributed by atoms with E-state index in [2.05, 4.69) is 31.4 Å². The van der Waals surface area contributed by atoms with Gasteiger partial charge >= 0.3 is 0 Å². The average Bonchev–Trinajstić information content (AvgIpc) is 3.13. The smallest absolute Gasteiger partial charge is 0.135 e. The van der Waals surface area contributed by atoms with Crippen molar-refractivity contribution in [2.45, 2.75) is 25.7 Å². The van der Waals surface area contributed by atoms with E-state index < -0.39 is 0 Å². The fourth-order valence-electron chi connectivity index (χ4n) is 3.89. The number of rotatable bonds is 3. The van der Waals surface area contributed by atoms with Crippen molar-refractivity contribution in [1.29, 1.82) is 5.26 Å². The molecular formula is C20H20FN7. The highest BCUT2D eigenvalue weighted by Crippen LogP contribution is 2.39. The van der Waals surface area contributed by atoms with E-state index in [1.54, 1.807) is 24.7 Å². The minimum Gasteiger partial charge on any atom is -0.370 e. The topological polar surface area (TPSA) is 83.5 Å². The summed E-state index contributed by atoms with van der Waals surface area (Å²) in [5.74, 6) is 0.904. The lowest BCUT2D eigenvalue weighted by atomic mass is 9.93. The van der Waals surface area contributed by atoms with Crippen LogP contribution in [0.4, 0.5) is 10.1 Å². The molecule has 1 aromatic carbocycles. The largest absolute Gasteiger partial charge is 0.370 e. The van der Waals surface area contributed by atoms with Crippen LogP contribution in [-0.2, 0) is 7.05 Å². The van der Waals surface area contributed by atoms with Gasteiger partial charge in [-0.05, 0) is 38.0 Å². The maximum absolute atomic E-state index is 14.9. The SMILES string of the molecule is Cc1cc(-c2c(F)ccc(C#N)c2N2CCC(c3nncn3C)CC2)cnn1. The van der Waals surface area contributed by atoms with Crippen LogP contribution in [0.25, 0.3) is 11.1 Å². The van der Waals surface area contributed by atoms with Crippen LogP contribution >= 0.6 is 0 Å². The molecular weight excluding hydrogens is 357 g/mol. The van der Waals surface area contributed by atoms with Crippen LogP contribution in [-0.4, -0.2) is 38.1 Å². The van der Waals surface area contributed by atoms with Crippen molar-refractivity contribution in [3.05, 3.63) is 53.6 Å². The van der Waals surface area contributed by atoms with E-state index in [4.69, 9.17) is 0 Å². The summed E-state index contributed by atoms with van der Waals surface area (Å²) in [4.78, 5) is 2.10. The molecule has 28 heavy (non-hydrogen) atoms. The molecule has 1 aliphatic rings. The first-order valence-electron chi connectivity index (χ1n) is 9.19. The number of anilines is 1. The summed E-state index contributed by atoms with van der Waals surface area (Å²) in [7, 11) is 1.94. The third-order valence-corrected chi connectivity index (χ3v) is 5.24. The molecule has 4 rings (SSSR count). The Morgan fingerprint density at radius 3 is 2.61 bits per heavy atom. The van der Waals surface area contributed by atoms with E-state index in [9.17, 15) is 9.65 Å². The molecule has 1 fully saturated rings. The van der Waals surface area contributed by atoms with Gasteiger partial charge in [-0.25, -0.2) is 4.39 Å². The van der Waals surface area contributed by atoms with Gasteiger partial charge in [-0.1, -0.05) is 0 Å². The van der Waals surface area contributed by atoms with Crippen LogP contribution in [0.5, 0.6) is 0 Å². The van der Waals surface area contributed by atoms with Crippen LogP contribution < -0.4 is 4.90 Å². The lowest BCUT2D eigenvalue weighted by Gasteiger charge is -2.35. The Hall–Kier alpha value is -3.34. The minimum absolute atomic E-state index is 0.302. The minimum atomic E-state index is -0.364. The first kappa shape index (κ1) is 18.0. The first-order valence-corrected chi connectivity index (χ1v) is 9.19. The molecule has 1 saturated heterocycles. The summed E-state index contributed by atoms with van der Waals surface area (Å²) in [5.41, 5.74) is 2.84. The van der Waals surface area contributed by atoms with Crippen molar-refractivity contribution in [2.24, 2.45) is 7.05 Å². The van der Waals surface area contributed by atoms with Crippen LogP contribution in [0.3, 0.4) is 0 Å². The molecule has 0 atom stereocenters. The van der Waals surface area contributed by atoms with Crippen LogP contribution in [0.2, 0.25) is 0 Å². The Bertz CT molecular complexity index is 1040. The molecule has 0 saturated carbocycles. The number of piperidine rings is 1. The van der Waals surface area contributed by atoms with Gasteiger partial charge in [0.25, 0.3) is 0 Å². The molecule has 0 spiro atoms. The molecule has 2 aromatic heterocycles. The van der Waals surface area contributed by atoms with E-state index in [0.717, 1.165) is 18.7 Å². The second kappa shape index (κ2) is 7.35. The lowest BCUT2D eigenvalue weighted by Crippen LogP contribution is -2.34. The number of halogens is 1. The van der Waals surface area contributed by atoms with Gasteiger partial charge in [-0.2, -0.15) is 15.5 Å². The number of nitrogens with zero attached hydrogens (tertiary/aromatic N) is 7. The van der Waals surface area contributed by atoms with Gasteiger partial charge in [0.05, 0.1) is 23.1 Å². The van der Waals surface area contributed by atoms with E-state index in [-0.39, 0.29) is 5.82 Å². The Morgan fingerprint density at radius 2 is 1.96 bits per heavy atom. The van der Waals surface area contributed by atoms with Crippen LogP contribution in [0, 0.1) is 24.1 Å². The Morgan fingerprint density at radius 1 is 1.18 bits per heavy atom. The first-order chi connectivity index (χ1) is 13.6. The Labute approximate surface area is 162 Å². The average molecular weight is 377 g/mol. The summed E-state index contributed by atoms with van der Waals surface area (Å²) in [6.07, 6.45) is 4.98. The fourth-order valence-corrected chi connectivity index (χ4v) is 3.89. The quantitative estimate of drug-likeness (QED) is 0.698. The van der Waals surface area contributed by atoms with Gasteiger partial charge < -0.3 is 9.47 Å². The number of hydrogen-bond acceptors (Lipinski definition) is 6. The molecule has 142 valence electrons. The van der Waals surface area contributed by atoms with Crippen molar-refractivity contribution >= 4 is 5.69 Å². The van der Waals surface area contributed by atoms with Crippen molar-refractivity contribution < 1.29 is 4.39 Å². The van der Waals surface area contributed by atoms with Crippen molar-refractivity contribution in [2.75, 3.05) is 18.0 Å². The van der Waals surface area contributed by atoms with E-state index in [0.29, 0.717) is 47.1 Å². The molecule has 8 heteroatoms. The number of aryl methyl sites for hydroxylation is 2. The third kappa shape index (κ3) is 3.20. The van der Waals surface area contributed by atoms with Gasteiger partial charge in [0, 0.05) is 37.2 Å². The maximum Gasteiger partial charge on any atom is 0.135 e. The molecule has 0 aliphatic carbocycles. The standard InChI is InChI=1S/C20H20FN7/c1-13-9-16(11-23-25-13)18-17(21)4-3-15(10-22)19(18)28-7-5-14(6-8-28)20-26-24-12-27(20)2/h3-4,9,11-12,14H,5-8H2,1-2H3. The molecule has 0 N–H and O–H groups in total. The molecule has 7 nitrogen and oxygen atoms in total. The van der Waals surface area contributed by atoms with Crippen LogP contribution in [0.15, 0.2) is 30.7 Å². The van der Waals surface area contributed by atoms with E-state index in [1.165, 1.54) is 6.07 Å². The number of benzene rings is 1. The normalized spacial score (nSPS) is 14.9. The van der Waals surface area contributed by atoms with Crippen molar-refractivity contribution in [3.8, 4) is 17.2 Å². The Kier molecular flexibility index (Phi) is 4.74. The van der Waals surface area contributed by atoms with Gasteiger partial charge in [0.1, 0.15) is 24.0 Å². The summed E-state index contributed by atoms with van der Waals surface area (Å²) in [6.45, 7) is 3.23. The monoisotopic (exact) mass is 377 g/mol. The molecule has 0 amide bonds. The van der Waals surface area contributed by atoms with Gasteiger partial charge in [0.2, 0.25) is 0 Å². The predicted molar refractivity (Wildman–Crippen MR) is 102 cm³/mol. The number of nitriles is 1. The lowest BCUT2D eigenvalue weighted by molar-refractivity contribution is 0.473. The second-order valence-corrected chi connectivity index (χ2v) is 7.08. The van der Waals surface area contributed by atoms with Gasteiger partial charge in [0.15, 0.2) is 0 Å². The zero-order chi connectivity index (χ0) is 19.7.